The molecule has 0 saturated heterocycles. The molecule has 0 aliphatic heterocycles. The number of hydrogen-bond acceptors (Lipinski definition) is 15. The van der Waals surface area contributed by atoms with E-state index in [1.807, 2.05) is 76.9 Å². The third-order valence-electron chi connectivity index (χ3n) is 11.2. The Morgan fingerprint density at radius 1 is 0.659 bits per heavy atom. The highest BCUT2D eigenvalue weighted by molar-refractivity contribution is 5.96. The molecule has 0 bridgehead atoms. The van der Waals surface area contributed by atoms with E-state index in [9.17, 15) is 53.1 Å². The number of aliphatic hydroxyl groups excluding tert-OH is 1. The Morgan fingerprint density at radius 2 is 1.19 bits per heavy atom. The number of aromatic amines is 2. The van der Waals surface area contributed by atoms with Crippen LogP contribution in [-0.4, -0.2) is 163 Å². The number of likely N-dealkylation sites (N-methyl/N-ethyl adjacent to an activating group) is 2. The van der Waals surface area contributed by atoms with Gasteiger partial charge in [-0.1, -0.05) is 137 Å². The van der Waals surface area contributed by atoms with Gasteiger partial charge in [0.05, 0.1) is 38.1 Å². The van der Waals surface area contributed by atoms with Crippen LogP contribution in [0, 0.1) is 24.7 Å². The Kier molecular flexibility index (Phi) is 51.8. The molecule has 26 nitrogen and oxygen atoms in total. The van der Waals surface area contributed by atoms with Crippen molar-refractivity contribution >= 4 is 77.1 Å². The minimum absolute atomic E-state index is 0.00311. The van der Waals surface area contributed by atoms with Crippen LogP contribution < -0.4 is 59.3 Å². The maximum atomic E-state index is 13.6. The number of nitrogens with zero attached hydrogens (tertiary/aromatic N) is 1. The highest BCUT2D eigenvalue weighted by Crippen LogP contribution is 2.19. The second-order valence-electron chi connectivity index (χ2n) is 20.5. The maximum Gasteiger partial charge on any atom is 0.243 e. The van der Waals surface area contributed by atoms with Gasteiger partial charge in [-0.3, -0.25) is 43.2 Å². The molecule has 0 fully saturated rings. The Bertz CT molecular complexity index is 2560. The molecule has 88 heavy (non-hydrogen) atoms. The van der Waals surface area contributed by atoms with Crippen LogP contribution in [0.1, 0.15) is 126 Å². The molecule has 0 radical (unpaired) electrons. The van der Waals surface area contributed by atoms with Crippen molar-refractivity contribution in [1.29, 1.82) is 0 Å². The number of hydrogen-bond donors (Lipinski definition) is 14. The van der Waals surface area contributed by atoms with Crippen molar-refractivity contribution in [2.45, 2.75) is 165 Å². The number of nitrogens with two attached hydrogens (primary N) is 2. The van der Waals surface area contributed by atoms with E-state index in [0.29, 0.717) is 24.3 Å². The predicted molar refractivity (Wildman–Crippen MR) is 345 cm³/mol. The molecule has 16 N–H and O–H groups in total. The molecule has 496 valence electrons. The summed E-state index contributed by atoms with van der Waals surface area (Å²) < 4.78 is 0. The van der Waals surface area contributed by atoms with Crippen LogP contribution in [0.25, 0.3) is 10.9 Å². The van der Waals surface area contributed by atoms with Crippen LogP contribution in [0.15, 0.2) is 73.3 Å². The lowest BCUT2D eigenvalue weighted by Gasteiger charge is -2.25. The number of benzene rings is 2. The van der Waals surface area contributed by atoms with Gasteiger partial charge in [-0.15, -0.1) is 0 Å². The number of carbonyl (C=O) groups is 11. The zero-order valence-electron chi connectivity index (χ0n) is 54.8. The van der Waals surface area contributed by atoms with Crippen LogP contribution >= 0.6 is 0 Å². The highest BCUT2D eigenvalue weighted by Gasteiger charge is 2.30. The number of amides is 9. The van der Waals surface area contributed by atoms with Crippen molar-refractivity contribution in [3.63, 3.8) is 0 Å². The summed E-state index contributed by atoms with van der Waals surface area (Å²) in [6.45, 7) is 28.0. The van der Waals surface area contributed by atoms with Gasteiger partial charge in [0.2, 0.25) is 53.2 Å². The first kappa shape index (κ1) is 86.1. The number of carbonyl (C=O) groups excluding carboxylic acids is 11. The number of imidazole rings is 1. The average Bonchev–Trinajstić information content (AvgIpc) is 4.38. The van der Waals surface area contributed by atoms with Crippen molar-refractivity contribution < 1.29 is 57.8 Å². The van der Waals surface area contributed by atoms with Crippen LogP contribution in [0.4, 0.5) is 0 Å². The standard InChI is InChI=1S/C36H51N11O9.C7H16N2O.C7H8.C4H10.C3H7NO.2C2H6.CH2O/c1-20(2)32(36(56)42-18-31(52)46-28(12-23-14-38-19-43-23)34(54)41-15-24(49)9-10-48)47-33(53)21(3)44-35(55)27(45-30(51)17-40-29(50)16-37-4)11-22-13-39-26-8-6-5-7-25(22)26;1-5(2)4-6(9-3)7(8)10;1-7-5-3-2-4-6-7;1-4(2)3;1-2-3(4)5;3*1-2/h5-8,10,13-14,19-21,24,27-28,32,37,39,49H,9,11-12,15-18H2,1-4H3,(H,38,43)(H,40,50)(H,41,54)(H,42,56)(H,44,55)(H,45,51)(H,46,52)(H,47,53);5-6,9H,4H2,1-3H3,(H2,8,10);2-6H,1H3;4H,1-3H3;2H2,1H3,(H2,4,5);2*1-2H3;1H2. The second-order valence-corrected chi connectivity index (χ2v) is 20.5. The Balaban J connectivity index is -0.000000896. The first-order valence-electron chi connectivity index (χ1n) is 29.5. The number of aryl methyl sites for hydroxylation is 1. The molecule has 0 saturated carbocycles. The lowest BCUT2D eigenvalue weighted by Crippen LogP contribution is -2.58. The SMILES string of the molecule is C=O.CC.CC.CC(C)C.CCC(N)=O.CNC(CC(C)C)C(N)=O.CNCC(=O)NCC(=O)NC(Cc1c[nH]c2ccccc12)C(=O)NC(C)C(=O)NC(C(=O)NCC(=O)NC(Cc1cnc[nH]1)C(=O)NCC(O)CC=O)C(C)C.Cc1ccccc1. The van der Waals surface area contributed by atoms with Crippen LogP contribution in [0.5, 0.6) is 0 Å². The molecule has 0 spiro atoms. The normalized spacial score (nSPS) is 12.0. The van der Waals surface area contributed by atoms with Crippen LogP contribution in [0.2, 0.25) is 0 Å². The predicted octanol–water partition coefficient (Wildman–Crippen LogP) is 2.32. The zero-order valence-corrected chi connectivity index (χ0v) is 54.8. The fraction of sp³-hybridized carbons (Fsp3) is 0.548. The number of rotatable bonds is 28. The summed E-state index contributed by atoms with van der Waals surface area (Å²) in [7, 11) is 3.33. The monoisotopic (exact) mass is 1240 g/mol. The number of aldehydes is 1. The molecule has 6 atom stereocenters. The second kappa shape index (κ2) is 52.9. The summed E-state index contributed by atoms with van der Waals surface area (Å²) in [5.41, 5.74) is 13.1. The van der Waals surface area contributed by atoms with Crippen molar-refractivity contribution in [2.24, 2.45) is 29.2 Å². The third-order valence-corrected chi connectivity index (χ3v) is 11.2. The molecule has 26 heteroatoms. The summed E-state index contributed by atoms with van der Waals surface area (Å²) in [5.74, 6) is -4.19. The Hall–Kier alpha value is -8.36. The van der Waals surface area contributed by atoms with Crippen LogP contribution in [0.3, 0.4) is 0 Å². The number of nitrogens with one attached hydrogen (secondary N) is 11. The smallest absolute Gasteiger partial charge is 0.243 e. The first-order chi connectivity index (χ1) is 41.7. The molecule has 9 amide bonds. The van der Waals surface area contributed by atoms with Crippen molar-refractivity contribution in [3.05, 3.63) is 90.1 Å². The molecule has 4 aromatic rings. The van der Waals surface area contributed by atoms with Gasteiger partial charge >= 0.3 is 0 Å². The highest BCUT2D eigenvalue weighted by atomic mass is 16.3. The van der Waals surface area contributed by atoms with Gasteiger partial charge in [0.25, 0.3) is 0 Å². The van der Waals surface area contributed by atoms with Gasteiger partial charge in [0.1, 0.15) is 37.2 Å². The number of fused-ring (bicyclic) bond motifs is 1. The van der Waals surface area contributed by atoms with Gasteiger partial charge < -0.3 is 84.0 Å². The van der Waals surface area contributed by atoms with Crippen molar-refractivity contribution in [3.8, 4) is 0 Å². The quantitative estimate of drug-likeness (QED) is 0.0363. The molecule has 4 rings (SSSR count). The van der Waals surface area contributed by atoms with E-state index in [0.717, 1.165) is 28.8 Å². The van der Waals surface area contributed by atoms with Gasteiger partial charge in [0.15, 0.2) is 0 Å². The molecule has 2 aromatic heterocycles. The summed E-state index contributed by atoms with van der Waals surface area (Å²) in [6.07, 6.45) is 5.09. The Labute approximate surface area is 521 Å². The molecule has 0 aliphatic carbocycles. The van der Waals surface area contributed by atoms with Gasteiger partial charge in [0, 0.05) is 61.2 Å². The average molecular weight is 1240 g/mol. The van der Waals surface area contributed by atoms with Crippen molar-refractivity contribution in [1.82, 2.24) is 62.8 Å². The summed E-state index contributed by atoms with van der Waals surface area (Å²) in [5, 5.41) is 33.9. The largest absolute Gasteiger partial charge is 0.391 e. The topological polar surface area (TPSA) is 413 Å². The zero-order chi connectivity index (χ0) is 68.3. The lowest BCUT2D eigenvalue weighted by atomic mass is 10.0. The minimum Gasteiger partial charge on any atom is -0.391 e. The first-order valence-corrected chi connectivity index (χ1v) is 29.5. The third kappa shape index (κ3) is 42.5. The number of para-hydroxylation sites is 1. The molecular weight excluding hydrogens is 1130 g/mol. The van der Waals surface area contributed by atoms with E-state index >= 15 is 0 Å². The fourth-order valence-corrected chi connectivity index (χ4v) is 6.84. The minimum atomic E-state index is -1.18. The van der Waals surface area contributed by atoms with E-state index in [2.05, 4.69) is 122 Å². The van der Waals surface area contributed by atoms with Gasteiger partial charge in [-0.25, -0.2) is 4.98 Å². The maximum absolute atomic E-state index is 13.6. The van der Waals surface area contributed by atoms with Gasteiger partial charge in [-0.05, 0) is 63.7 Å². The van der Waals surface area contributed by atoms with E-state index in [-0.39, 0.29) is 56.8 Å². The fourth-order valence-electron chi connectivity index (χ4n) is 6.84. The van der Waals surface area contributed by atoms with E-state index in [1.165, 1.54) is 25.0 Å². The number of aliphatic hydroxyl groups is 1. The summed E-state index contributed by atoms with van der Waals surface area (Å²) >= 11 is 0. The lowest BCUT2D eigenvalue weighted by molar-refractivity contribution is -0.134. The van der Waals surface area contributed by atoms with E-state index in [1.54, 1.807) is 41.1 Å². The number of H-pyrrole nitrogens is 2. The number of aromatic nitrogens is 3. The van der Waals surface area contributed by atoms with Crippen LogP contribution in [-0.2, 0) is 65.6 Å². The van der Waals surface area contributed by atoms with E-state index < -0.39 is 84.1 Å². The molecule has 6 unspecified atom stereocenters. The number of primary amides is 2. The molecule has 2 heterocycles. The molecule has 0 aliphatic rings. The van der Waals surface area contributed by atoms with Gasteiger partial charge in [-0.2, -0.15) is 0 Å². The molecular formula is C62H106N14O12. The van der Waals surface area contributed by atoms with E-state index in [4.69, 9.17) is 10.5 Å². The van der Waals surface area contributed by atoms with Crippen molar-refractivity contribution in [2.75, 3.05) is 40.3 Å². The summed E-state index contributed by atoms with van der Waals surface area (Å²) in [4.78, 5) is 139. The summed E-state index contributed by atoms with van der Waals surface area (Å²) in [6, 6.07) is 12.9. The molecule has 2 aromatic carbocycles. The Morgan fingerprint density at radius 3 is 1.64 bits per heavy atom.